The molecule has 0 unspecified atom stereocenters. The van der Waals surface area contributed by atoms with Crippen molar-refractivity contribution in [3.05, 3.63) is 56.8 Å². The van der Waals surface area contributed by atoms with E-state index in [2.05, 4.69) is 31.2 Å². The molecule has 0 fully saturated rings. The monoisotopic (exact) mass is 464 g/mol. The number of aromatic amines is 1. The lowest BCUT2D eigenvalue weighted by Gasteiger charge is -2.10. The van der Waals surface area contributed by atoms with E-state index in [0.717, 1.165) is 32.1 Å². The molecule has 0 bridgehead atoms. The first-order valence-corrected chi connectivity index (χ1v) is 10.4. The number of fused-ring (bicyclic) bond motifs is 1. The molecule has 4 N–H and O–H groups in total. The van der Waals surface area contributed by atoms with Gasteiger partial charge in [-0.15, -0.1) is 0 Å². The van der Waals surface area contributed by atoms with Gasteiger partial charge in [-0.3, -0.25) is 4.79 Å². The fourth-order valence-corrected chi connectivity index (χ4v) is 3.67. The second kappa shape index (κ2) is 9.93. The summed E-state index contributed by atoms with van der Waals surface area (Å²) in [5.74, 6) is -0.615. The first-order chi connectivity index (χ1) is 14.0. The summed E-state index contributed by atoms with van der Waals surface area (Å²) in [5.41, 5.74) is 6.24. The first-order valence-electron chi connectivity index (χ1n) is 9.62. The summed E-state index contributed by atoms with van der Waals surface area (Å²) in [7, 11) is 0. The number of unbranched alkanes of at least 4 members (excludes halogenated alkanes) is 4. The lowest BCUT2D eigenvalue weighted by Crippen LogP contribution is -2.11. The predicted octanol–water partition coefficient (Wildman–Crippen LogP) is 4.95. The highest BCUT2D eigenvalue weighted by atomic mass is 79.9. The van der Waals surface area contributed by atoms with Crippen LogP contribution in [0.1, 0.15) is 32.1 Å². The largest absolute Gasteiger partial charge is 0.383 e. The van der Waals surface area contributed by atoms with Crippen molar-refractivity contribution in [1.29, 1.82) is 0 Å². The second-order valence-corrected chi connectivity index (χ2v) is 7.73. The van der Waals surface area contributed by atoms with Gasteiger partial charge in [-0.1, -0.05) is 19.3 Å². The summed E-state index contributed by atoms with van der Waals surface area (Å²) in [5, 5.41) is 3.25. The van der Waals surface area contributed by atoms with E-state index in [4.69, 9.17) is 5.73 Å². The standard InChI is InChI=1S/C21H23BrF2N4O/c22-16-10-13(23)6-7-14(16)20-27-18-12-19(17(24)11-15(18)21(29)28-20)26-9-5-3-1-2-4-8-25/h6-7,10-12,26H,1-5,8-9,25H2,(H,27,28,29). The predicted molar refractivity (Wildman–Crippen MR) is 116 cm³/mol. The summed E-state index contributed by atoms with van der Waals surface area (Å²) in [6.07, 6.45) is 5.20. The highest BCUT2D eigenvalue weighted by Gasteiger charge is 2.13. The molecule has 3 rings (SSSR count). The van der Waals surface area contributed by atoms with Gasteiger partial charge in [0.25, 0.3) is 5.56 Å². The number of hydrogen-bond acceptors (Lipinski definition) is 4. The van der Waals surface area contributed by atoms with Crippen LogP contribution in [-0.2, 0) is 0 Å². The third-order valence-electron chi connectivity index (χ3n) is 4.68. The van der Waals surface area contributed by atoms with E-state index in [1.807, 2.05) is 0 Å². The molecule has 0 amide bonds. The zero-order chi connectivity index (χ0) is 20.8. The molecule has 0 saturated heterocycles. The third kappa shape index (κ3) is 5.39. The number of nitrogens with zero attached hydrogens (tertiary/aromatic N) is 1. The van der Waals surface area contributed by atoms with Crippen molar-refractivity contribution in [2.75, 3.05) is 18.4 Å². The van der Waals surface area contributed by atoms with Crippen molar-refractivity contribution in [1.82, 2.24) is 9.97 Å². The first kappa shape index (κ1) is 21.4. The van der Waals surface area contributed by atoms with Crippen molar-refractivity contribution in [3.8, 4) is 11.4 Å². The highest BCUT2D eigenvalue weighted by Crippen LogP contribution is 2.27. The second-order valence-electron chi connectivity index (χ2n) is 6.87. The molecule has 5 nitrogen and oxygen atoms in total. The van der Waals surface area contributed by atoms with Crippen LogP contribution < -0.4 is 16.6 Å². The van der Waals surface area contributed by atoms with Gasteiger partial charge in [-0.2, -0.15) is 0 Å². The molecule has 0 aliphatic heterocycles. The molecule has 1 heterocycles. The smallest absolute Gasteiger partial charge is 0.259 e. The van der Waals surface area contributed by atoms with Crippen LogP contribution in [0.2, 0.25) is 0 Å². The van der Waals surface area contributed by atoms with E-state index in [-0.39, 0.29) is 11.2 Å². The fourth-order valence-electron chi connectivity index (χ4n) is 3.13. The summed E-state index contributed by atoms with van der Waals surface area (Å²) in [4.78, 5) is 19.5. The summed E-state index contributed by atoms with van der Waals surface area (Å²) in [6, 6.07) is 6.83. The molecule has 0 saturated carbocycles. The van der Waals surface area contributed by atoms with Gasteiger partial charge in [0.1, 0.15) is 17.5 Å². The molecule has 0 atom stereocenters. The Morgan fingerprint density at radius 3 is 2.59 bits per heavy atom. The molecule has 3 aromatic rings. The van der Waals surface area contributed by atoms with Crippen molar-refractivity contribution in [3.63, 3.8) is 0 Å². The Kier molecular flexibility index (Phi) is 7.33. The molecule has 154 valence electrons. The van der Waals surface area contributed by atoms with E-state index in [0.29, 0.717) is 34.3 Å². The molecule has 0 aliphatic rings. The zero-order valence-corrected chi connectivity index (χ0v) is 17.5. The van der Waals surface area contributed by atoms with Crippen LogP contribution in [0, 0.1) is 11.6 Å². The maximum Gasteiger partial charge on any atom is 0.259 e. The fraction of sp³-hybridized carbons (Fsp3) is 0.333. The van der Waals surface area contributed by atoms with E-state index in [9.17, 15) is 13.6 Å². The number of anilines is 1. The van der Waals surface area contributed by atoms with Crippen molar-refractivity contribution in [2.45, 2.75) is 32.1 Å². The number of nitrogens with two attached hydrogens (primary N) is 1. The summed E-state index contributed by atoms with van der Waals surface area (Å²) < 4.78 is 28.2. The number of nitrogens with one attached hydrogen (secondary N) is 2. The van der Waals surface area contributed by atoms with Gasteiger partial charge < -0.3 is 16.0 Å². The van der Waals surface area contributed by atoms with Gasteiger partial charge in [0.2, 0.25) is 0 Å². The maximum atomic E-state index is 14.4. The van der Waals surface area contributed by atoms with Crippen molar-refractivity contribution >= 4 is 32.5 Å². The minimum atomic E-state index is -0.497. The topological polar surface area (TPSA) is 83.8 Å². The van der Waals surface area contributed by atoms with Crippen LogP contribution in [-0.4, -0.2) is 23.1 Å². The van der Waals surface area contributed by atoms with Gasteiger partial charge in [-0.25, -0.2) is 13.8 Å². The third-order valence-corrected chi connectivity index (χ3v) is 5.33. The van der Waals surface area contributed by atoms with Gasteiger partial charge in [0.15, 0.2) is 0 Å². The number of benzene rings is 2. The van der Waals surface area contributed by atoms with Crippen LogP contribution in [0.15, 0.2) is 39.6 Å². The molecule has 1 aromatic heterocycles. The average molecular weight is 465 g/mol. The van der Waals surface area contributed by atoms with Gasteiger partial charge in [-0.05, 0) is 65.6 Å². The Labute approximate surface area is 175 Å². The molecule has 2 aromatic carbocycles. The van der Waals surface area contributed by atoms with Crippen LogP contribution in [0.25, 0.3) is 22.3 Å². The Morgan fingerprint density at radius 1 is 1.07 bits per heavy atom. The molecule has 8 heteroatoms. The molecule has 29 heavy (non-hydrogen) atoms. The van der Waals surface area contributed by atoms with Gasteiger partial charge in [0, 0.05) is 16.6 Å². The minimum absolute atomic E-state index is 0.164. The maximum absolute atomic E-state index is 14.4. The van der Waals surface area contributed by atoms with Crippen LogP contribution in [0.5, 0.6) is 0 Å². The quantitative estimate of drug-likeness (QED) is 0.391. The number of hydrogen-bond donors (Lipinski definition) is 3. The molecule has 0 spiro atoms. The van der Waals surface area contributed by atoms with Crippen molar-refractivity contribution < 1.29 is 8.78 Å². The molecular weight excluding hydrogens is 442 g/mol. The van der Waals surface area contributed by atoms with E-state index in [1.54, 1.807) is 0 Å². The summed E-state index contributed by atoms with van der Waals surface area (Å²) >= 11 is 3.28. The Hall–Kier alpha value is -2.32. The highest BCUT2D eigenvalue weighted by molar-refractivity contribution is 9.10. The molecule has 0 aliphatic carbocycles. The summed E-state index contributed by atoms with van der Waals surface area (Å²) in [6.45, 7) is 1.34. The normalized spacial score (nSPS) is 11.2. The Morgan fingerprint density at radius 2 is 1.83 bits per heavy atom. The number of aromatic nitrogens is 2. The number of halogens is 3. The number of rotatable bonds is 9. The van der Waals surface area contributed by atoms with E-state index >= 15 is 0 Å². The zero-order valence-electron chi connectivity index (χ0n) is 15.9. The van der Waals surface area contributed by atoms with E-state index in [1.165, 1.54) is 30.3 Å². The lowest BCUT2D eigenvalue weighted by atomic mass is 10.1. The van der Waals surface area contributed by atoms with Gasteiger partial charge >= 0.3 is 0 Å². The molecular formula is C21H23BrF2N4O. The van der Waals surface area contributed by atoms with Crippen LogP contribution in [0.4, 0.5) is 14.5 Å². The van der Waals surface area contributed by atoms with Crippen LogP contribution >= 0.6 is 15.9 Å². The SMILES string of the molecule is NCCCCCCCNc1cc2nc(-c3ccc(F)cc3Br)[nH]c(=O)c2cc1F. The Bertz CT molecular complexity index is 1050. The van der Waals surface area contributed by atoms with Gasteiger partial charge in [0.05, 0.1) is 16.6 Å². The lowest BCUT2D eigenvalue weighted by molar-refractivity contribution is 0.619. The van der Waals surface area contributed by atoms with Crippen LogP contribution in [0.3, 0.4) is 0 Å². The Balaban J connectivity index is 1.80. The average Bonchev–Trinajstić information content (AvgIpc) is 2.68. The van der Waals surface area contributed by atoms with E-state index < -0.39 is 17.2 Å². The van der Waals surface area contributed by atoms with Crippen molar-refractivity contribution in [2.24, 2.45) is 5.73 Å². The number of H-pyrrole nitrogens is 1. The minimum Gasteiger partial charge on any atom is -0.383 e. The molecule has 0 radical (unpaired) electrons.